The molecule has 0 bridgehead atoms. The summed E-state index contributed by atoms with van der Waals surface area (Å²) in [5.41, 5.74) is 0. The molecule has 2 heterocycles. The fraction of sp³-hybridized carbons (Fsp3) is 0.769. The minimum atomic E-state index is -0.0937. The number of aromatic nitrogens is 3. The molecule has 0 spiro atoms. The van der Waals surface area contributed by atoms with E-state index in [1.807, 2.05) is 0 Å². The van der Waals surface area contributed by atoms with E-state index >= 15 is 0 Å². The van der Waals surface area contributed by atoms with Gasteiger partial charge in [-0.05, 0) is 19.3 Å². The van der Waals surface area contributed by atoms with Crippen LogP contribution < -0.4 is 0 Å². The van der Waals surface area contributed by atoms with Crippen molar-refractivity contribution in [2.75, 3.05) is 7.11 Å². The predicted molar refractivity (Wildman–Crippen MR) is 67.1 cm³/mol. The summed E-state index contributed by atoms with van der Waals surface area (Å²) in [5, 5.41) is 8.51. The summed E-state index contributed by atoms with van der Waals surface area (Å²) < 4.78 is 7.02. The normalized spacial score (nSPS) is 19.1. The van der Waals surface area contributed by atoms with Gasteiger partial charge in [0.15, 0.2) is 0 Å². The zero-order chi connectivity index (χ0) is 13.0. The van der Waals surface area contributed by atoms with Gasteiger partial charge in [-0.15, -0.1) is 10.2 Å². The van der Waals surface area contributed by atoms with Crippen LogP contribution in [0.2, 0.25) is 0 Å². The molecule has 1 aromatic heterocycles. The number of aryl methyl sites for hydroxylation is 2. The van der Waals surface area contributed by atoms with E-state index in [4.69, 9.17) is 4.74 Å². The zero-order valence-electron chi connectivity index (χ0n) is 11.2. The maximum Gasteiger partial charge on any atom is 0.308 e. The highest BCUT2D eigenvalue weighted by molar-refractivity contribution is 5.72. The van der Waals surface area contributed by atoms with Gasteiger partial charge in [0.25, 0.3) is 0 Å². The third-order valence-electron chi connectivity index (χ3n) is 3.61. The maximum absolute atomic E-state index is 11.6. The van der Waals surface area contributed by atoms with Crippen molar-refractivity contribution in [1.82, 2.24) is 14.8 Å². The van der Waals surface area contributed by atoms with Crippen LogP contribution in [0.3, 0.4) is 0 Å². The van der Waals surface area contributed by atoms with Crippen LogP contribution in [0.1, 0.15) is 44.3 Å². The Labute approximate surface area is 108 Å². The number of rotatable bonds is 4. The molecule has 2 rings (SSSR count). The summed E-state index contributed by atoms with van der Waals surface area (Å²) in [4.78, 5) is 11.6. The SMILES string of the molecule is CCCCc1nnc2n1CCC(C(=O)OC)CC2. The molecule has 0 aromatic carbocycles. The summed E-state index contributed by atoms with van der Waals surface area (Å²) >= 11 is 0. The van der Waals surface area contributed by atoms with Crippen molar-refractivity contribution in [3.8, 4) is 0 Å². The van der Waals surface area contributed by atoms with Crippen LogP contribution in [0.4, 0.5) is 0 Å². The van der Waals surface area contributed by atoms with E-state index in [0.29, 0.717) is 0 Å². The minimum Gasteiger partial charge on any atom is -0.469 e. The lowest BCUT2D eigenvalue weighted by Gasteiger charge is -2.10. The number of ether oxygens (including phenoxy) is 1. The molecule has 1 atom stereocenters. The molecule has 1 aromatic rings. The molecule has 0 N–H and O–H groups in total. The van der Waals surface area contributed by atoms with E-state index in [2.05, 4.69) is 21.7 Å². The number of methoxy groups -OCH3 is 1. The number of unbranched alkanes of at least 4 members (excludes halogenated alkanes) is 1. The molecule has 0 fully saturated rings. The summed E-state index contributed by atoms with van der Waals surface area (Å²) in [5.74, 6) is 2.00. The molecule has 0 saturated carbocycles. The predicted octanol–water partition coefficient (Wildman–Crippen LogP) is 1.75. The number of esters is 1. The topological polar surface area (TPSA) is 57.0 Å². The number of nitrogens with zero attached hydrogens (tertiary/aromatic N) is 3. The first kappa shape index (κ1) is 13.1. The average Bonchev–Trinajstić information content (AvgIpc) is 2.65. The van der Waals surface area contributed by atoms with E-state index in [1.54, 1.807) is 0 Å². The lowest BCUT2D eigenvalue weighted by atomic mass is 10.0. The first-order valence-electron chi connectivity index (χ1n) is 6.75. The molecular formula is C13H21N3O2. The van der Waals surface area contributed by atoms with Gasteiger partial charge in [-0.2, -0.15) is 0 Å². The third kappa shape index (κ3) is 2.71. The van der Waals surface area contributed by atoms with Gasteiger partial charge in [0.1, 0.15) is 11.6 Å². The fourth-order valence-corrected chi connectivity index (χ4v) is 2.47. The van der Waals surface area contributed by atoms with Crippen LogP contribution in [0.25, 0.3) is 0 Å². The first-order valence-corrected chi connectivity index (χ1v) is 6.75. The highest BCUT2D eigenvalue weighted by Gasteiger charge is 2.25. The van der Waals surface area contributed by atoms with E-state index < -0.39 is 0 Å². The molecule has 0 saturated heterocycles. The Hall–Kier alpha value is -1.39. The van der Waals surface area contributed by atoms with Gasteiger partial charge < -0.3 is 9.30 Å². The monoisotopic (exact) mass is 251 g/mol. The first-order chi connectivity index (χ1) is 8.76. The molecule has 0 radical (unpaired) electrons. The van der Waals surface area contributed by atoms with Gasteiger partial charge in [0.2, 0.25) is 0 Å². The Bertz CT molecular complexity index is 414. The number of carbonyl (C=O) groups excluding carboxylic acids is 1. The molecule has 1 aliphatic rings. The third-order valence-corrected chi connectivity index (χ3v) is 3.61. The second kappa shape index (κ2) is 5.98. The number of hydrogen-bond acceptors (Lipinski definition) is 4. The summed E-state index contributed by atoms with van der Waals surface area (Å²) in [6.45, 7) is 3.01. The zero-order valence-corrected chi connectivity index (χ0v) is 11.2. The maximum atomic E-state index is 11.6. The van der Waals surface area contributed by atoms with Gasteiger partial charge >= 0.3 is 5.97 Å². The van der Waals surface area contributed by atoms with Crippen LogP contribution in [-0.2, 0) is 28.9 Å². The fourth-order valence-electron chi connectivity index (χ4n) is 2.47. The van der Waals surface area contributed by atoms with Gasteiger partial charge in [0.05, 0.1) is 13.0 Å². The van der Waals surface area contributed by atoms with Gasteiger partial charge in [-0.1, -0.05) is 13.3 Å². The van der Waals surface area contributed by atoms with Crippen molar-refractivity contribution < 1.29 is 9.53 Å². The molecule has 5 heteroatoms. The lowest BCUT2D eigenvalue weighted by Crippen LogP contribution is -2.17. The Morgan fingerprint density at radius 1 is 1.44 bits per heavy atom. The molecule has 5 nitrogen and oxygen atoms in total. The van der Waals surface area contributed by atoms with E-state index in [0.717, 1.165) is 56.7 Å². The molecule has 1 aliphatic heterocycles. The molecule has 0 amide bonds. The number of hydrogen-bond donors (Lipinski definition) is 0. The average molecular weight is 251 g/mol. The van der Waals surface area contributed by atoms with Crippen molar-refractivity contribution in [3.05, 3.63) is 11.6 Å². The molecule has 100 valence electrons. The van der Waals surface area contributed by atoms with E-state index in [-0.39, 0.29) is 11.9 Å². The Morgan fingerprint density at radius 2 is 2.28 bits per heavy atom. The van der Waals surface area contributed by atoms with Crippen molar-refractivity contribution in [2.24, 2.45) is 5.92 Å². The highest BCUT2D eigenvalue weighted by atomic mass is 16.5. The Kier molecular flexibility index (Phi) is 4.33. The van der Waals surface area contributed by atoms with Crippen molar-refractivity contribution >= 4 is 5.97 Å². The summed E-state index contributed by atoms with van der Waals surface area (Å²) in [6.07, 6.45) is 5.74. The lowest BCUT2D eigenvalue weighted by molar-refractivity contribution is -0.145. The molecule has 1 unspecified atom stereocenters. The number of carbonyl (C=O) groups is 1. The van der Waals surface area contributed by atoms with Gasteiger partial charge in [-0.25, -0.2) is 0 Å². The van der Waals surface area contributed by atoms with Crippen molar-refractivity contribution in [2.45, 2.75) is 52.0 Å². The highest BCUT2D eigenvalue weighted by Crippen LogP contribution is 2.21. The largest absolute Gasteiger partial charge is 0.469 e. The summed E-state index contributed by atoms with van der Waals surface area (Å²) in [7, 11) is 1.46. The van der Waals surface area contributed by atoms with Gasteiger partial charge in [0, 0.05) is 19.4 Å². The molecule has 18 heavy (non-hydrogen) atoms. The summed E-state index contributed by atoms with van der Waals surface area (Å²) in [6, 6.07) is 0. The quantitative estimate of drug-likeness (QED) is 0.765. The van der Waals surface area contributed by atoms with E-state index in [1.165, 1.54) is 7.11 Å². The van der Waals surface area contributed by atoms with Crippen LogP contribution in [-0.4, -0.2) is 27.8 Å². The van der Waals surface area contributed by atoms with Crippen molar-refractivity contribution in [1.29, 1.82) is 0 Å². The van der Waals surface area contributed by atoms with Crippen LogP contribution in [0.5, 0.6) is 0 Å². The smallest absolute Gasteiger partial charge is 0.308 e. The van der Waals surface area contributed by atoms with E-state index in [9.17, 15) is 4.79 Å². The van der Waals surface area contributed by atoms with Crippen LogP contribution in [0, 0.1) is 5.92 Å². The Balaban J connectivity index is 2.06. The molecule has 0 aliphatic carbocycles. The van der Waals surface area contributed by atoms with Crippen LogP contribution >= 0.6 is 0 Å². The second-order valence-electron chi connectivity index (χ2n) is 4.84. The molecular weight excluding hydrogens is 230 g/mol. The second-order valence-corrected chi connectivity index (χ2v) is 4.84. The van der Waals surface area contributed by atoms with Gasteiger partial charge in [-0.3, -0.25) is 4.79 Å². The Morgan fingerprint density at radius 3 is 3.00 bits per heavy atom. The standard InChI is InChI=1S/C13H21N3O2/c1-3-4-5-11-14-15-12-7-6-10(13(17)18-2)8-9-16(11)12/h10H,3-9H2,1-2H3. The minimum absolute atomic E-state index is 0.00993. The number of fused-ring (bicyclic) bond motifs is 1. The van der Waals surface area contributed by atoms with Crippen LogP contribution in [0.15, 0.2) is 0 Å². The van der Waals surface area contributed by atoms with Crippen molar-refractivity contribution in [3.63, 3.8) is 0 Å².